The maximum Gasteiger partial charge on any atom is 0.510 e. The van der Waals surface area contributed by atoms with Crippen molar-refractivity contribution in [3.05, 3.63) is 36.1 Å². The topological polar surface area (TPSA) is 46.5 Å². The van der Waals surface area contributed by atoms with Crippen LogP contribution >= 0.6 is 0 Å². The molecule has 3 nitrogen and oxygen atoms in total. The van der Waals surface area contributed by atoms with Crippen molar-refractivity contribution in [2.45, 2.75) is 58.3 Å². The molecule has 0 aromatic carbocycles. The predicted molar refractivity (Wildman–Crippen MR) is 98.0 cm³/mol. The van der Waals surface area contributed by atoms with Crippen molar-refractivity contribution in [2.75, 3.05) is 0 Å². The van der Waals surface area contributed by atoms with Crippen LogP contribution in [0.3, 0.4) is 0 Å². The van der Waals surface area contributed by atoms with E-state index in [1.54, 1.807) is 5.57 Å². The van der Waals surface area contributed by atoms with Gasteiger partial charge in [0.15, 0.2) is 0 Å². The lowest BCUT2D eigenvalue weighted by Crippen LogP contribution is -2.45. The molecule has 6 atom stereocenters. The van der Waals surface area contributed by atoms with Crippen LogP contribution in [0, 0.1) is 35.0 Å². The fourth-order valence-corrected chi connectivity index (χ4v) is 6.83. The van der Waals surface area contributed by atoms with Gasteiger partial charge in [0, 0.05) is 0 Å². The molecule has 3 fully saturated rings. The Labute approximate surface area is 150 Å². The van der Waals surface area contributed by atoms with E-state index < -0.39 is 6.16 Å². The summed E-state index contributed by atoms with van der Waals surface area (Å²) < 4.78 is 4.64. The maximum absolute atomic E-state index is 10.6. The second-order valence-electron chi connectivity index (χ2n) is 8.94. The highest BCUT2D eigenvalue weighted by atomic mass is 16.7. The average Bonchev–Trinajstić information content (AvgIpc) is 2.91. The standard InChI is InChI=1S/C22H30O3/c1-14-3-6-17-15(13-14)4-7-19-18(17)9-11-22(2)16(5-8-20(19)22)10-12-25-21(23)24/h10,12-13,16-20H,1,3-9,11H2,2H3,(H,23,24)/b12-10-/t16-,17-,18+,19+,20-,22+/m0/s1. The molecule has 0 aliphatic heterocycles. The highest BCUT2D eigenvalue weighted by Crippen LogP contribution is 2.64. The molecule has 4 aliphatic rings. The van der Waals surface area contributed by atoms with E-state index in [-0.39, 0.29) is 0 Å². The summed E-state index contributed by atoms with van der Waals surface area (Å²) in [5.74, 6) is 3.77. The molecule has 0 spiro atoms. The third kappa shape index (κ3) is 2.86. The SMILES string of the molecule is C=C1C=C2CC[C@@H]3[C@H](CC[C@]4(C)[C@H](/C=C\OC(=O)O)CC[C@@H]34)[C@H]2CC1. The van der Waals surface area contributed by atoms with Gasteiger partial charge in [-0.3, -0.25) is 0 Å². The molecule has 1 N–H and O–H groups in total. The Bertz CT molecular complexity index is 631. The molecule has 25 heavy (non-hydrogen) atoms. The molecule has 0 heterocycles. The van der Waals surface area contributed by atoms with Crippen molar-refractivity contribution in [2.24, 2.45) is 35.0 Å². The summed E-state index contributed by atoms with van der Waals surface area (Å²) in [6, 6.07) is 0. The normalized spacial score (nSPS) is 43.2. The number of hydrogen-bond acceptors (Lipinski definition) is 2. The Morgan fingerprint density at radius 3 is 2.88 bits per heavy atom. The fourth-order valence-electron chi connectivity index (χ4n) is 6.83. The zero-order valence-electron chi connectivity index (χ0n) is 15.2. The van der Waals surface area contributed by atoms with Crippen molar-refractivity contribution < 1.29 is 14.6 Å². The molecule has 136 valence electrons. The van der Waals surface area contributed by atoms with Crippen LogP contribution in [0.2, 0.25) is 0 Å². The lowest BCUT2D eigenvalue weighted by Gasteiger charge is -2.54. The summed E-state index contributed by atoms with van der Waals surface area (Å²) in [6.07, 6.45) is 14.8. The molecular weight excluding hydrogens is 312 g/mol. The summed E-state index contributed by atoms with van der Waals surface area (Å²) >= 11 is 0. The first-order valence-electron chi connectivity index (χ1n) is 9.93. The van der Waals surface area contributed by atoms with Crippen LogP contribution in [-0.2, 0) is 4.74 Å². The van der Waals surface area contributed by atoms with Gasteiger partial charge < -0.3 is 9.84 Å². The highest BCUT2D eigenvalue weighted by molar-refractivity contribution is 5.57. The van der Waals surface area contributed by atoms with Gasteiger partial charge in [0.1, 0.15) is 0 Å². The molecular formula is C22H30O3. The Morgan fingerprint density at radius 2 is 2.08 bits per heavy atom. The van der Waals surface area contributed by atoms with E-state index in [9.17, 15) is 4.79 Å². The van der Waals surface area contributed by atoms with Crippen LogP contribution in [0.25, 0.3) is 0 Å². The van der Waals surface area contributed by atoms with E-state index in [4.69, 9.17) is 5.11 Å². The zero-order chi connectivity index (χ0) is 17.6. The monoisotopic (exact) mass is 342 g/mol. The first-order valence-corrected chi connectivity index (χ1v) is 9.93. The fraction of sp³-hybridized carbons (Fsp3) is 0.682. The van der Waals surface area contributed by atoms with E-state index in [0.29, 0.717) is 11.3 Å². The molecule has 3 heteroatoms. The number of fused-ring (bicyclic) bond motifs is 5. The molecule has 4 aliphatic carbocycles. The minimum Gasteiger partial charge on any atom is -0.449 e. The highest BCUT2D eigenvalue weighted by Gasteiger charge is 2.55. The summed E-state index contributed by atoms with van der Waals surface area (Å²) in [6.45, 7) is 6.64. The van der Waals surface area contributed by atoms with Gasteiger partial charge >= 0.3 is 6.16 Å². The van der Waals surface area contributed by atoms with Gasteiger partial charge in [-0.1, -0.05) is 30.7 Å². The van der Waals surface area contributed by atoms with E-state index in [2.05, 4.69) is 24.3 Å². The van der Waals surface area contributed by atoms with Crippen molar-refractivity contribution in [1.29, 1.82) is 0 Å². The van der Waals surface area contributed by atoms with Crippen molar-refractivity contribution in [3.8, 4) is 0 Å². The first-order chi connectivity index (χ1) is 12.0. The Hall–Kier alpha value is -1.51. The molecule has 0 aromatic rings. The minimum absolute atomic E-state index is 0.318. The summed E-state index contributed by atoms with van der Waals surface area (Å²) in [5, 5.41) is 8.68. The van der Waals surface area contributed by atoms with Crippen LogP contribution in [0.4, 0.5) is 4.79 Å². The number of allylic oxidation sites excluding steroid dienone is 4. The van der Waals surface area contributed by atoms with Crippen LogP contribution in [0.1, 0.15) is 58.3 Å². The predicted octanol–water partition coefficient (Wildman–Crippen LogP) is 5.94. The average molecular weight is 342 g/mol. The second kappa shape index (κ2) is 6.34. The van der Waals surface area contributed by atoms with Crippen molar-refractivity contribution in [1.82, 2.24) is 0 Å². The van der Waals surface area contributed by atoms with Crippen LogP contribution in [0.5, 0.6) is 0 Å². The molecule has 0 bridgehead atoms. The summed E-state index contributed by atoms with van der Waals surface area (Å²) in [5.41, 5.74) is 3.33. The lowest BCUT2D eigenvalue weighted by atomic mass is 9.51. The van der Waals surface area contributed by atoms with Gasteiger partial charge in [0.2, 0.25) is 0 Å². The molecule has 0 radical (unpaired) electrons. The third-order valence-electron chi connectivity index (χ3n) is 7.97. The zero-order valence-corrected chi connectivity index (χ0v) is 15.2. The summed E-state index contributed by atoms with van der Waals surface area (Å²) in [4.78, 5) is 10.6. The Balaban J connectivity index is 1.52. The quantitative estimate of drug-likeness (QED) is 0.499. The Kier molecular flexibility index (Phi) is 4.29. The van der Waals surface area contributed by atoms with E-state index >= 15 is 0 Å². The number of hydrogen-bond donors (Lipinski definition) is 1. The second-order valence-corrected chi connectivity index (χ2v) is 8.94. The Morgan fingerprint density at radius 1 is 1.24 bits per heavy atom. The minimum atomic E-state index is -1.22. The van der Waals surface area contributed by atoms with Gasteiger partial charge in [0.05, 0.1) is 6.26 Å². The van der Waals surface area contributed by atoms with E-state index in [0.717, 1.165) is 23.7 Å². The van der Waals surface area contributed by atoms with Crippen molar-refractivity contribution in [3.63, 3.8) is 0 Å². The number of carboxylic acid groups (broad SMARTS) is 1. The van der Waals surface area contributed by atoms with Gasteiger partial charge in [-0.05, 0) is 92.4 Å². The van der Waals surface area contributed by atoms with Crippen LogP contribution < -0.4 is 0 Å². The first kappa shape index (κ1) is 16.9. The molecule has 0 amide bonds. The van der Waals surface area contributed by atoms with Crippen LogP contribution in [0.15, 0.2) is 36.1 Å². The number of carbonyl (C=O) groups is 1. The third-order valence-corrected chi connectivity index (χ3v) is 7.97. The molecule has 4 rings (SSSR count). The molecule has 0 unspecified atom stereocenters. The van der Waals surface area contributed by atoms with Crippen molar-refractivity contribution >= 4 is 6.16 Å². The smallest absolute Gasteiger partial charge is 0.449 e. The molecule has 3 saturated carbocycles. The van der Waals surface area contributed by atoms with E-state index in [1.165, 1.54) is 63.2 Å². The maximum atomic E-state index is 10.6. The van der Waals surface area contributed by atoms with Gasteiger partial charge in [-0.25, -0.2) is 4.79 Å². The largest absolute Gasteiger partial charge is 0.510 e. The van der Waals surface area contributed by atoms with Gasteiger partial charge in [-0.2, -0.15) is 0 Å². The van der Waals surface area contributed by atoms with Gasteiger partial charge in [0.25, 0.3) is 0 Å². The lowest BCUT2D eigenvalue weighted by molar-refractivity contribution is -0.0130. The molecule has 0 saturated heterocycles. The van der Waals surface area contributed by atoms with Gasteiger partial charge in [-0.15, -0.1) is 0 Å². The number of rotatable bonds is 2. The van der Waals surface area contributed by atoms with E-state index in [1.807, 2.05) is 6.08 Å². The van der Waals surface area contributed by atoms with Crippen LogP contribution in [-0.4, -0.2) is 11.3 Å². The molecule has 0 aromatic heterocycles. The number of ether oxygens (including phenoxy) is 1. The summed E-state index contributed by atoms with van der Waals surface area (Å²) in [7, 11) is 0.